The zero-order valence-electron chi connectivity index (χ0n) is 9.58. The Balaban J connectivity index is 2.43. The number of amidine groups is 1. The Morgan fingerprint density at radius 3 is 2.69 bits per heavy atom. The van der Waals surface area contributed by atoms with Crippen LogP contribution in [0.25, 0.3) is 0 Å². The second-order valence-electron chi connectivity index (χ2n) is 4.15. The number of carbonyl (C=O) groups excluding carboxylic acids is 1. The molecule has 0 fully saturated rings. The molecule has 0 aromatic carbocycles. The van der Waals surface area contributed by atoms with Crippen molar-refractivity contribution in [2.75, 3.05) is 0 Å². The Morgan fingerprint density at radius 2 is 2.19 bits per heavy atom. The van der Waals surface area contributed by atoms with Gasteiger partial charge in [0.25, 0.3) is 0 Å². The van der Waals surface area contributed by atoms with Crippen LogP contribution in [0.4, 0.5) is 4.79 Å². The Labute approximate surface area is 93.8 Å². The zero-order valence-corrected chi connectivity index (χ0v) is 9.58. The average Bonchev–Trinajstić information content (AvgIpc) is 2.69. The lowest BCUT2D eigenvalue weighted by molar-refractivity contribution is 0.188. The lowest BCUT2D eigenvalue weighted by atomic mass is 10.1. The average molecular weight is 221 g/mol. The summed E-state index contributed by atoms with van der Waals surface area (Å²) in [6.07, 6.45) is 3.39. The van der Waals surface area contributed by atoms with Crippen LogP contribution in [0.3, 0.4) is 0 Å². The van der Waals surface area contributed by atoms with Gasteiger partial charge < -0.3 is 15.2 Å². The molecule has 0 aliphatic carbocycles. The summed E-state index contributed by atoms with van der Waals surface area (Å²) >= 11 is 0. The maximum absolute atomic E-state index is 11.7. The van der Waals surface area contributed by atoms with Gasteiger partial charge in [0.15, 0.2) is 0 Å². The molecule has 2 amide bonds. The maximum Gasteiger partial charge on any atom is 0.346 e. The smallest absolute Gasteiger partial charge is 0.346 e. The fourth-order valence-electron chi connectivity index (χ4n) is 1.93. The molecule has 1 aromatic heterocycles. The molecule has 86 valence electrons. The topological polar surface area (TPSA) is 76.5 Å². The van der Waals surface area contributed by atoms with Crippen LogP contribution in [0, 0.1) is 0 Å². The molecule has 1 aliphatic heterocycles. The number of hydrogen-bond donors (Lipinski definition) is 1. The van der Waals surface area contributed by atoms with E-state index in [-0.39, 0.29) is 18.1 Å². The number of aromatic nitrogens is 2. The molecule has 2 heterocycles. The number of aryl methyl sites for hydroxylation is 1. The summed E-state index contributed by atoms with van der Waals surface area (Å²) in [4.78, 5) is 21.2. The number of nitrogens with two attached hydrogens (primary N) is 1. The first-order chi connectivity index (χ1) is 7.52. The lowest BCUT2D eigenvalue weighted by Gasteiger charge is -2.27. The monoisotopic (exact) mass is 221 g/mol. The van der Waals surface area contributed by atoms with Crippen LogP contribution in [0.5, 0.6) is 0 Å². The van der Waals surface area contributed by atoms with Gasteiger partial charge in [-0.2, -0.15) is 4.99 Å². The van der Waals surface area contributed by atoms with Crippen LogP contribution in [0.1, 0.15) is 25.6 Å². The van der Waals surface area contributed by atoms with E-state index in [1.807, 2.05) is 25.5 Å². The highest BCUT2D eigenvalue weighted by atomic mass is 16.2. The quantitative estimate of drug-likeness (QED) is 0.797. The molecule has 0 saturated carbocycles. The van der Waals surface area contributed by atoms with Gasteiger partial charge in [-0.15, -0.1) is 0 Å². The van der Waals surface area contributed by atoms with Crippen LogP contribution in [0.2, 0.25) is 0 Å². The van der Waals surface area contributed by atoms with Crippen LogP contribution in [0.15, 0.2) is 17.5 Å². The predicted octanol–water partition coefficient (Wildman–Crippen LogP) is 0.662. The molecule has 0 spiro atoms. The third-order valence-corrected chi connectivity index (χ3v) is 2.69. The molecule has 1 aromatic rings. The molecule has 1 atom stereocenters. The minimum atomic E-state index is -0.292. The van der Waals surface area contributed by atoms with E-state index in [1.54, 1.807) is 17.4 Å². The highest BCUT2D eigenvalue weighted by molar-refractivity contribution is 6.03. The summed E-state index contributed by atoms with van der Waals surface area (Å²) in [6, 6.07) is -0.518. The number of imidazole rings is 1. The lowest BCUT2D eigenvalue weighted by Crippen LogP contribution is -2.39. The Kier molecular flexibility index (Phi) is 2.41. The van der Waals surface area contributed by atoms with Crippen LogP contribution in [-0.2, 0) is 7.05 Å². The largest absolute Gasteiger partial charge is 0.385 e. The highest BCUT2D eigenvalue weighted by Crippen LogP contribution is 2.28. The van der Waals surface area contributed by atoms with Crippen molar-refractivity contribution in [2.45, 2.75) is 25.9 Å². The fourth-order valence-corrected chi connectivity index (χ4v) is 1.93. The maximum atomic E-state index is 11.7. The van der Waals surface area contributed by atoms with Crippen LogP contribution >= 0.6 is 0 Å². The van der Waals surface area contributed by atoms with E-state index in [1.165, 1.54) is 0 Å². The third-order valence-electron chi connectivity index (χ3n) is 2.69. The number of amides is 2. The van der Waals surface area contributed by atoms with E-state index in [9.17, 15) is 4.79 Å². The standard InChI is InChI=1S/C10H15N5O/c1-6(2)15-8(9(11)13-10(15)16)7-4-12-5-14(7)3/h4-6,8H,1-3H3,(H2,11,13,16). The van der Waals surface area contributed by atoms with Crippen LogP contribution in [-0.4, -0.2) is 32.4 Å². The van der Waals surface area contributed by atoms with Crippen molar-refractivity contribution < 1.29 is 4.79 Å². The molecular formula is C10H15N5O. The summed E-state index contributed by atoms with van der Waals surface area (Å²) in [5.41, 5.74) is 6.68. The van der Waals surface area contributed by atoms with Crippen LogP contribution < -0.4 is 5.73 Å². The molecule has 1 unspecified atom stereocenters. The highest BCUT2D eigenvalue weighted by Gasteiger charge is 2.37. The third kappa shape index (κ3) is 1.46. The van der Waals surface area contributed by atoms with E-state index >= 15 is 0 Å². The van der Waals surface area contributed by atoms with Crippen molar-refractivity contribution in [3.8, 4) is 0 Å². The fraction of sp³-hybridized carbons (Fsp3) is 0.500. The number of urea groups is 1. The van der Waals surface area contributed by atoms with E-state index in [4.69, 9.17) is 5.73 Å². The van der Waals surface area contributed by atoms with E-state index < -0.39 is 0 Å². The Bertz CT molecular complexity index is 448. The summed E-state index contributed by atoms with van der Waals surface area (Å²) in [5, 5.41) is 0. The molecule has 0 saturated heterocycles. The molecule has 1 aliphatic rings. The number of aliphatic imine (C=N–C) groups is 1. The molecule has 2 N–H and O–H groups in total. The molecule has 16 heavy (non-hydrogen) atoms. The van der Waals surface area contributed by atoms with Gasteiger partial charge in [0.05, 0.1) is 18.2 Å². The van der Waals surface area contributed by atoms with Gasteiger partial charge in [0, 0.05) is 13.1 Å². The van der Waals surface area contributed by atoms with Crippen molar-refractivity contribution in [1.82, 2.24) is 14.5 Å². The molecule has 2 rings (SSSR count). The van der Waals surface area contributed by atoms with Gasteiger partial charge in [-0.1, -0.05) is 0 Å². The van der Waals surface area contributed by atoms with Gasteiger partial charge in [-0.25, -0.2) is 9.78 Å². The Morgan fingerprint density at radius 1 is 1.50 bits per heavy atom. The SMILES string of the molecule is CC(C)N1C(=O)N=C(N)C1c1cncn1C. The van der Waals surface area contributed by atoms with Gasteiger partial charge in [0.1, 0.15) is 11.9 Å². The summed E-state index contributed by atoms with van der Waals surface area (Å²) in [7, 11) is 1.87. The number of nitrogens with zero attached hydrogens (tertiary/aromatic N) is 4. The second-order valence-corrected chi connectivity index (χ2v) is 4.15. The summed E-state index contributed by atoms with van der Waals surface area (Å²) < 4.78 is 1.85. The first-order valence-electron chi connectivity index (χ1n) is 5.15. The van der Waals surface area contributed by atoms with Crippen molar-refractivity contribution in [3.05, 3.63) is 18.2 Å². The first-order valence-corrected chi connectivity index (χ1v) is 5.15. The van der Waals surface area contributed by atoms with E-state index in [0.717, 1.165) is 5.69 Å². The van der Waals surface area contributed by atoms with Gasteiger partial charge in [-0.3, -0.25) is 0 Å². The van der Waals surface area contributed by atoms with Gasteiger partial charge >= 0.3 is 6.03 Å². The Hall–Kier alpha value is -1.85. The van der Waals surface area contributed by atoms with E-state index in [2.05, 4.69) is 9.98 Å². The van der Waals surface area contributed by atoms with E-state index in [0.29, 0.717) is 5.84 Å². The van der Waals surface area contributed by atoms with Crippen molar-refractivity contribution in [3.63, 3.8) is 0 Å². The summed E-state index contributed by atoms with van der Waals surface area (Å²) in [6.45, 7) is 3.88. The summed E-state index contributed by atoms with van der Waals surface area (Å²) in [5.74, 6) is 0.335. The molecule has 0 bridgehead atoms. The first kappa shape index (κ1) is 10.7. The molecular weight excluding hydrogens is 206 g/mol. The number of carbonyl (C=O) groups is 1. The van der Waals surface area contributed by atoms with Crippen molar-refractivity contribution >= 4 is 11.9 Å². The number of rotatable bonds is 2. The van der Waals surface area contributed by atoms with Crippen molar-refractivity contribution in [1.29, 1.82) is 0 Å². The minimum absolute atomic E-state index is 0.0530. The van der Waals surface area contributed by atoms with Gasteiger partial charge in [-0.05, 0) is 13.8 Å². The second kappa shape index (κ2) is 3.62. The predicted molar refractivity (Wildman–Crippen MR) is 59.9 cm³/mol. The molecule has 6 heteroatoms. The minimum Gasteiger partial charge on any atom is -0.385 e. The normalized spacial score (nSPS) is 20.8. The zero-order chi connectivity index (χ0) is 11.9. The van der Waals surface area contributed by atoms with Gasteiger partial charge in [0.2, 0.25) is 0 Å². The van der Waals surface area contributed by atoms with Crippen molar-refractivity contribution in [2.24, 2.45) is 17.8 Å². The number of hydrogen-bond acceptors (Lipinski definition) is 3. The molecule has 0 radical (unpaired) electrons. The molecule has 6 nitrogen and oxygen atoms in total.